The summed E-state index contributed by atoms with van der Waals surface area (Å²) in [6, 6.07) is 9.40. The molecule has 0 fully saturated rings. The molecule has 2 rings (SSSR count). The fourth-order valence-corrected chi connectivity index (χ4v) is 1.82. The Morgan fingerprint density at radius 2 is 2.14 bits per heavy atom. The first-order chi connectivity index (χ1) is 10.0. The molecule has 0 radical (unpaired) electrons. The number of tetrazole rings is 1. The molecule has 2 N–H and O–H groups in total. The molecule has 1 aromatic carbocycles. The number of hydrogen-bond donors (Lipinski definition) is 1. The Hall–Kier alpha value is -3.01. The van der Waals surface area contributed by atoms with Crippen molar-refractivity contribution in [3.8, 4) is 17.5 Å². The zero-order valence-electron chi connectivity index (χ0n) is 11.7. The number of aryl methyl sites for hydroxylation is 1. The summed E-state index contributed by atoms with van der Waals surface area (Å²) in [6.45, 7) is 3.27. The van der Waals surface area contributed by atoms with Crippen LogP contribution in [0.4, 0.5) is 0 Å². The Kier molecular flexibility index (Phi) is 4.09. The summed E-state index contributed by atoms with van der Waals surface area (Å²) in [7, 11) is 0. The minimum atomic E-state index is -0.439. The molecule has 0 saturated heterocycles. The molecule has 0 spiro atoms. The average molecular weight is 282 g/mol. The van der Waals surface area contributed by atoms with E-state index < -0.39 is 5.78 Å². The second-order valence-electron chi connectivity index (χ2n) is 4.55. The molecule has 2 aromatic rings. The van der Waals surface area contributed by atoms with Crippen LogP contribution in [0.3, 0.4) is 0 Å². The highest BCUT2D eigenvalue weighted by Crippen LogP contribution is 2.17. The van der Waals surface area contributed by atoms with Gasteiger partial charge in [-0.3, -0.25) is 4.79 Å². The minimum absolute atomic E-state index is 0.0789. The summed E-state index contributed by atoms with van der Waals surface area (Å²) in [5.74, 6) is -0.000841. The fraction of sp³-hybridized carbons (Fsp3) is 0.214. The predicted molar refractivity (Wildman–Crippen MR) is 75.5 cm³/mol. The van der Waals surface area contributed by atoms with Crippen LogP contribution < -0.4 is 5.73 Å². The lowest BCUT2D eigenvalue weighted by Gasteiger charge is -2.00. The largest absolute Gasteiger partial charge is 0.401 e. The van der Waals surface area contributed by atoms with Gasteiger partial charge in [0.05, 0.1) is 0 Å². The Labute approximate surface area is 121 Å². The summed E-state index contributed by atoms with van der Waals surface area (Å²) < 4.78 is 0. The van der Waals surface area contributed by atoms with Crippen molar-refractivity contribution >= 4 is 5.78 Å². The summed E-state index contributed by atoms with van der Waals surface area (Å²) in [5.41, 5.74) is 7.45. The Morgan fingerprint density at radius 1 is 1.43 bits per heavy atom. The third-order valence-electron chi connectivity index (χ3n) is 2.91. The maximum absolute atomic E-state index is 11.9. The molecule has 0 bridgehead atoms. The highest BCUT2D eigenvalue weighted by atomic mass is 16.1. The zero-order chi connectivity index (χ0) is 15.4. The summed E-state index contributed by atoms with van der Waals surface area (Å²) >= 11 is 0. The van der Waals surface area contributed by atoms with E-state index in [9.17, 15) is 4.79 Å². The molecule has 7 heteroatoms. The lowest BCUT2D eigenvalue weighted by Crippen LogP contribution is -2.17. The van der Waals surface area contributed by atoms with E-state index in [0.717, 1.165) is 15.9 Å². The number of nitrogens with zero attached hydrogens (tertiary/aromatic N) is 5. The van der Waals surface area contributed by atoms with Gasteiger partial charge in [-0.1, -0.05) is 24.3 Å². The van der Waals surface area contributed by atoms with Gasteiger partial charge < -0.3 is 5.73 Å². The second kappa shape index (κ2) is 5.96. The van der Waals surface area contributed by atoms with Gasteiger partial charge in [0.1, 0.15) is 18.2 Å². The smallest absolute Gasteiger partial charge is 0.205 e. The molecule has 0 saturated carbocycles. The molecule has 106 valence electrons. The van der Waals surface area contributed by atoms with Crippen LogP contribution >= 0.6 is 0 Å². The zero-order valence-corrected chi connectivity index (χ0v) is 11.7. The van der Waals surface area contributed by atoms with E-state index in [0.29, 0.717) is 5.82 Å². The monoisotopic (exact) mass is 282 g/mol. The molecule has 0 aliphatic heterocycles. The van der Waals surface area contributed by atoms with Crippen LogP contribution in [0, 0.1) is 18.3 Å². The maximum Gasteiger partial charge on any atom is 0.205 e. The third kappa shape index (κ3) is 3.12. The highest BCUT2D eigenvalue weighted by molar-refractivity contribution is 5.99. The van der Waals surface area contributed by atoms with Crippen molar-refractivity contribution in [2.75, 3.05) is 0 Å². The van der Waals surface area contributed by atoms with Crippen molar-refractivity contribution in [3.63, 3.8) is 0 Å². The number of nitrogens with two attached hydrogens (primary N) is 1. The van der Waals surface area contributed by atoms with E-state index in [2.05, 4.69) is 15.4 Å². The molecular weight excluding hydrogens is 268 g/mol. The highest BCUT2D eigenvalue weighted by Gasteiger charge is 2.15. The quantitative estimate of drug-likeness (QED) is 0.661. The number of carbonyl (C=O) groups excluding carboxylic acids is 1. The average Bonchev–Trinajstić information content (AvgIpc) is 2.87. The Morgan fingerprint density at radius 3 is 2.76 bits per heavy atom. The molecule has 0 unspecified atom stereocenters. The van der Waals surface area contributed by atoms with E-state index >= 15 is 0 Å². The normalized spacial score (nSPS) is 11.7. The van der Waals surface area contributed by atoms with Crippen LogP contribution in [0.15, 0.2) is 35.5 Å². The number of ketones is 1. The molecule has 21 heavy (non-hydrogen) atoms. The van der Waals surface area contributed by atoms with E-state index in [1.807, 2.05) is 31.2 Å². The van der Waals surface area contributed by atoms with Gasteiger partial charge in [0.15, 0.2) is 5.78 Å². The van der Waals surface area contributed by atoms with E-state index in [-0.39, 0.29) is 17.8 Å². The van der Waals surface area contributed by atoms with Gasteiger partial charge in [0.25, 0.3) is 0 Å². The molecule has 1 aromatic heterocycles. The fourth-order valence-electron chi connectivity index (χ4n) is 1.82. The molecule has 0 aliphatic carbocycles. The Bertz CT molecular complexity index is 749. The van der Waals surface area contributed by atoms with E-state index in [4.69, 9.17) is 11.0 Å². The second-order valence-corrected chi connectivity index (χ2v) is 4.55. The van der Waals surface area contributed by atoms with Gasteiger partial charge >= 0.3 is 0 Å². The molecule has 7 nitrogen and oxygen atoms in total. The van der Waals surface area contributed by atoms with Gasteiger partial charge in [-0.25, -0.2) is 0 Å². The number of Topliss-reactive ketones (excluding diaryl/α,β-unsaturated/α-hetero) is 1. The van der Waals surface area contributed by atoms with Gasteiger partial charge in [-0.05, 0) is 24.6 Å². The summed E-state index contributed by atoms with van der Waals surface area (Å²) in [6.07, 6.45) is 0. The van der Waals surface area contributed by atoms with E-state index in [1.165, 1.54) is 6.92 Å². The van der Waals surface area contributed by atoms with Crippen LogP contribution in [-0.2, 0) is 11.3 Å². The standard InChI is InChI=1S/C14H14N6O/c1-9-5-3-4-6-11(9)14-17-19-20(18-14)8-13(21)12(7-15)10(2)16/h3-6H,8,16H2,1-2H3. The number of benzene rings is 1. The number of aromatic nitrogens is 4. The van der Waals surface area contributed by atoms with Crippen molar-refractivity contribution in [2.45, 2.75) is 20.4 Å². The minimum Gasteiger partial charge on any atom is -0.401 e. The first-order valence-corrected chi connectivity index (χ1v) is 6.26. The van der Waals surface area contributed by atoms with Crippen LogP contribution in [0.5, 0.6) is 0 Å². The molecule has 1 heterocycles. The number of carbonyl (C=O) groups is 1. The molecular formula is C14H14N6O. The van der Waals surface area contributed by atoms with Gasteiger partial charge in [-0.15, -0.1) is 10.2 Å². The lowest BCUT2D eigenvalue weighted by molar-refractivity contribution is -0.116. The number of hydrogen-bond acceptors (Lipinski definition) is 6. The van der Waals surface area contributed by atoms with Crippen molar-refractivity contribution in [3.05, 3.63) is 41.1 Å². The SMILES string of the molecule is CC(N)=C(C#N)C(=O)Cn1nnc(-c2ccccc2C)n1. The number of allylic oxidation sites excluding steroid dienone is 2. The van der Waals surface area contributed by atoms with Gasteiger partial charge in [0, 0.05) is 11.3 Å². The summed E-state index contributed by atoms with van der Waals surface area (Å²) in [4.78, 5) is 13.1. The molecule has 0 amide bonds. The lowest BCUT2D eigenvalue weighted by atomic mass is 10.1. The van der Waals surface area contributed by atoms with Crippen molar-refractivity contribution in [1.82, 2.24) is 20.2 Å². The number of rotatable bonds is 4. The Balaban J connectivity index is 2.23. The van der Waals surface area contributed by atoms with Crippen molar-refractivity contribution in [1.29, 1.82) is 5.26 Å². The first-order valence-electron chi connectivity index (χ1n) is 6.26. The van der Waals surface area contributed by atoms with Crippen LogP contribution in [0.2, 0.25) is 0 Å². The summed E-state index contributed by atoms with van der Waals surface area (Å²) in [5, 5.41) is 20.8. The van der Waals surface area contributed by atoms with Crippen LogP contribution in [-0.4, -0.2) is 26.0 Å². The first kappa shape index (κ1) is 14.4. The van der Waals surface area contributed by atoms with Crippen LogP contribution in [0.1, 0.15) is 12.5 Å². The van der Waals surface area contributed by atoms with Gasteiger partial charge in [0.2, 0.25) is 5.82 Å². The maximum atomic E-state index is 11.9. The molecule has 0 atom stereocenters. The molecule has 0 aliphatic rings. The van der Waals surface area contributed by atoms with Crippen LogP contribution in [0.25, 0.3) is 11.4 Å². The van der Waals surface area contributed by atoms with Crippen molar-refractivity contribution < 1.29 is 4.79 Å². The van der Waals surface area contributed by atoms with Crippen molar-refractivity contribution in [2.24, 2.45) is 5.73 Å². The third-order valence-corrected chi connectivity index (χ3v) is 2.91. The van der Waals surface area contributed by atoms with E-state index in [1.54, 1.807) is 6.07 Å². The topological polar surface area (TPSA) is 110 Å². The van der Waals surface area contributed by atoms with Gasteiger partial charge in [-0.2, -0.15) is 10.1 Å². The number of nitriles is 1. The predicted octanol–water partition coefficient (Wildman–Crippen LogP) is 0.974.